The summed E-state index contributed by atoms with van der Waals surface area (Å²) in [4.78, 5) is 10.5. The molecule has 0 bridgehead atoms. The maximum atomic E-state index is 10.5. The molecular weight excluding hydrogens is 260 g/mol. The maximum Gasteiger partial charge on any atom is 0.302 e. The standard InChI is InChI=1S/C19H22O2/c1-3-4-5-6-7-8-9-10-11-12-13-14-15-16-17-18-21-19(2)20/h3,8-11,16-17H,1,4-7,18H2,2H3/b9-8+,11-10+,17-16+. The Balaban J connectivity index is 3.72. The molecule has 0 unspecified atom stereocenters. The monoisotopic (exact) mass is 282 g/mol. The Hall–Kier alpha value is -2.45. The molecule has 0 N–H and O–H groups in total. The quantitative estimate of drug-likeness (QED) is 0.221. The second-order valence-corrected chi connectivity index (χ2v) is 4.10. The van der Waals surface area contributed by atoms with E-state index < -0.39 is 0 Å². The van der Waals surface area contributed by atoms with Crippen molar-refractivity contribution in [3.63, 3.8) is 0 Å². The van der Waals surface area contributed by atoms with Crippen LogP contribution in [-0.4, -0.2) is 12.6 Å². The van der Waals surface area contributed by atoms with E-state index in [9.17, 15) is 4.79 Å². The molecule has 0 amide bonds. The van der Waals surface area contributed by atoms with Crippen LogP contribution in [0.4, 0.5) is 0 Å². The Morgan fingerprint density at radius 3 is 2.48 bits per heavy atom. The van der Waals surface area contributed by atoms with Crippen molar-refractivity contribution in [3.05, 3.63) is 49.1 Å². The highest BCUT2D eigenvalue weighted by atomic mass is 16.5. The Labute approximate surface area is 128 Å². The van der Waals surface area contributed by atoms with Crippen LogP contribution in [0.3, 0.4) is 0 Å². The molecule has 0 fully saturated rings. The number of carbonyl (C=O) groups excluding carboxylic acids is 1. The summed E-state index contributed by atoms with van der Waals surface area (Å²) in [6, 6.07) is 0. The second kappa shape index (κ2) is 15.6. The number of rotatable bonds is 8. The molecule has 2 nitrogen and oxygen atoms in total. The Kier molecular flexibility index (Phi) is 13.8. The Morgan fingerprint density at radius 2 is 1.76 bits per heavy atom. The summed E-state index contributed by atoms with van der Waals surface area (Å²) in [5, 5.41) is 0. The molecule has 110 valence electrons. The van der Waals surface area contributed by atoms with E-state index in [1.165, 1.54) is 19.8 Å². The van der Waals surface area contributed by atoms with Crippen LogP contribution in [0, 0.1) is 23.7 Å². The highest BCUT2D eigenvalue weighted by Crippen LogP contribution is 2.00. The van der Waals surface area contributed by atoms with Crippen molar-refractivity contribution in [1.82, 2.24) is 0 Å². The maximum absolute atomic E-state index is 10.5. The van der Waals surface area contributed by atoms with E-state index in [1.807, 2.05) is 18.2 Å². The first-order valence-electron chi connectivity index (χ1n) is 6.99. The molecule has 0 aromatic rings. The average molecular weight is 282 g/mol. The summed E-state index contributed by atoms with van der Waals surface area (Å²) >= 11 is 0. The van der Waals surface area contributed by atoms with Gasteiger partial charge in [-0.05, 0) is 55.8 Å². The highest BCUT2D eigenvalue weighted by molar-refractivity contribution is 5.66. The van der Waals surface area contributed by atoms with Crippen LogP contribution in [-0.2, 0) is 9.53 Å². The summed E-state index contributed by atoms with van der Waals surface area (Å²) in [6.45, 7) is 5.30. The van der Waals surface area contributed by atoms with Crippen molar-refractivity contribution in [1.29, 1.82) is 0 Å². The second-order valence-electron chi connectivity index (χ2n) is 4.10. The largest absolute Gasteiger partial charge is 0.462 e. The van der Waals surface area contributed by atoms with Gasteiger partial charge in [-0.2, -0.15) is 0 Å². The van der Waals surface area contributed by atoms with Crippen molar-refractivity contribution >= 4 is 5.97 Å². The van der Waals surface area contributed by atoms with Gasteiger partial charge in [-0.15, -0.1) is 6.58 Å². The minimum absolute atomic E-state index is 0.245. The first-order valence-corrected chi connectivity index (χ1v) is 6.99. The van der Waals surface area contributed by atoms with E-state index >= 15 is 0 Å². The molecule has 0 rings (SSSR count). The molecule has 0 atom stereocenters. The van der Waals surface area contributed by atoms with Gasteiger partial charge in [-0.3, -0.25) is 4.79 Å². The summed E-state index contributed by atoms with van der Waals surface area (Å²) in [5.41, 5.74) is 0. The molecule has 0 spiro atoms. The summed E-state index contributed by atoms with van der Waals surface area (Å²) in [7, 11) is 0. The number of hydrogen-bond donors (Lipinski definition) is 0. The zero-order valence-electron chi connectivity index (χ0n) is 12.6. The van der Waals surface area contributed by atoms with Gasteiger partial charge < -0.3 is 4.74 Å². The zero-order valence-corrected chi connectivity index (χ0v) is 12.6. The van der Waals surface area contributed by atoms with Gasteiger partial charge in [0.25, 0.3) is 0 Å². The van der Waals surface area contributed by atoms with E-state index in [0.717, 1.165) is 12.8 Å². The number of hydrogen-bond acceptors (Lipinski definition) is 2. The summed E-state index contributed by atoms with van der Waals surface area (Å²) < 4.78 is 4.70. The van der Waals surface area contributed by atoms with Crippen LogP contribution in [0.15, 0.2) is 49.1 Å². The molecule has 0 aliphatic heterocycles. The van der Waals surface area contributed by atoms with E-state index in [-0.39, 0.29) is 12.6 Å². The summed E-state index contributed by atoms with van der Waals surface area (Å²) in [5.74, 6) is 10.6. The van der Waals surface area contributed by atoms with Crippen molar-refractivity contribution in [2.45, 2.75) is 32.6 Å². The highest BCUT2D eigenvalue weighted by Gasteiger charge is 1.84. The predicted octanol–water partition coefficient (Wildman–Crippen LogP) is 3.97. The van der Waals surface area contributed by atoms with Crippen LogP contribution in [0.25, 0.3) is 0 Å². The summed E-state index contributed by atoms with van der Waals surface area (Å²) in [6.07, 6.45) is 17.6. The topological polar surface area (TPSA) is 26.3 Å². The molecular formula is C19H22O2. The van der Waals surface area contributed by atoms with Gasteiger partial charge in [-0.25, -0.2) is 0 Å². The third-order valence-corrected chi connectivity index (χ3v) is 2.25. The number of unbranched alkanes of at least 4 members (excludes halogenated alkanes) is 3. The first-order chi connectivity index (χ1) is 10.3. The first kappa shape index (κ1) is 18.6. The minimum Gasteiger partial charge on any atom is -0.462 e. The molecule has 0 aromatic carbocycles. The minimum atomic E-state index is -0.300. The smallest absolute Gasteiger partial charge is 0.302 e. The molecule has 0 radical (unpaired) electrons. The Morgan fingerprint density at radius 1 is 1.05 bits per heavy atom. The predicted molar refractivity (Wildman–Crippen MR) is 88.3 cm³/mol. The SMILES string of the molecule is C=CCCCC/C=C/C=C/C#CC#C/C=C/COC(C)=O. The van der Waals surface area contributed by atoms with Crippen LogP contribution in [0.2, 0.25) is 0 Å². The van der Waals surface area contributed by atoms with Gasteiger partial charge in [0.15, 0.2) is 0 Å². The molecule has 0 aliphatic rings. The average Bonchev–Trinajstić information content (AvgIpc) is 2.46. The van der Waals surface area contributed by atoms with Gasteiger partial charge >= 0.3 is 5.97 Å². The fourth-order valence-corrected chi connectivity index (χ4v) is 1.26. The van der Waals surface area contributed by atoms with E-state index in [2.05, 4.69) is 36.3 Å². The lowest BCUT2D eigenvalue weighted by Crippen LogP contribution is -1.96. The third-order valence-electron chi connectivity index (χ3n) is 2.25. The van der Waals surface area contributed by atoms with Crippen molar-refractivity contribution in [2.75, 3.05) is 6.61 Å². The fourth-order valence-electron chi connectivity index (χ4n) is 1.26. The van der Waals surface area contributed by atoms with E-state index in [4.69, 9.17) is 4.74 Å². The van der Waals surface area contributed by atoms with E-state index in [1.54, 1.807) is 18.2 Å². The lowest BCUT2D eigenvalue weighted by Gasteiger charge is -1.91. The number of ether oxygens (including phenoxy) is 1. The van der Waals surface area contributed by atoms with Crippen LogP contribution in [0.5, 0.6) is 0 Å². The number of allylic oxidation sites excluding steroid dienone is 6. The van der Waals surface area contributed by atoms with Gasteiger partial charge in [0.1, 0.15) is 6.61 Å². The lowest BCUT2D eigenvalue weighted by molar-refractivity contribution is -0.139. The van der Waals surface area contributed by atoms with Crippen LogP contribution >= 0.6 is 0 Å². The third kappa shape index (κ3) is 17.6. The van der Waals surface area contributed by atoms with E-state index in [0.29, 0.717) is 0 Å². The lowest BCUT2D eigenvalue weighted by atomic mass is 10.2. The van der Waals surface area contributed by atoms with Crippen molar-refractivity contribution in [3.8, 4) is 23.7 Å². The number of carbonyl (C=O) groups is 1. The zero-order chi connectivity index (χ0) is 15.6. The van der Waals surface area contributed by atoms with Gasteiger partial charge in [-0.1, -0.05) is 36.1 Å². The molecule has 0 aromatic heterocycles. The van der Waals surface area contributed by atoms with Crippen LogP contribution < -0.4 is 0 Å². The Bertz CT molecular complexity index is 499. The molecule has 0 saturated heterocycles. The molecule has 0 aliphatic carbocycles. The van der Waals surface area contributed by atoms with Crippen LogP contribution in [0.1, 0.15) is 32.6 Å². The molecule has 21 heavy (non-hydrogen) atoms. The number of esters is 1. The molecule has 0 heterocycles. The van der Waals surface area contributed by atoms with Gasteiger partial charge in [0.05, 0.1) is 0 Å². The van der Waals surface area contributed by atoms with Gasteiger partial charge in [0, 0.05) is 6.92 Å². The molecule has 2 heteroatoms. The normalized spacial score (nSPS) is 10.1. The van der Waals surface area contributed by atoms with Gasteiger partial charge in [0.2, 0.25) is 0 Å². The van der Waals surface area contributed by atoms with Crippen molar-refractivity contribution < 1.29 is 9.53 Å². The molecule has 0 saturated carbocycles. The fraction of sp³-hybridized carbons (Fsp3) is 0.316. The van der Waals surface area contributed by atoms with Crippen molar-refractivity contribution in [2.24, 2.45) is 0 Å².